The first-order valence-corrected chi connectivity index (χ1v) is 9.80. The maximum atomic E-state index is 12.6. The molecule has 134 valence electrons. The summed E-state index contributed by atoms with van der Waals surface area (Å²) in [6, 6.07) is 13.5. The Labute approximate surface area is 153 Å². The monoisotopic (exact) mass is 380 g/mol. The fourth-order valence-electron chi connectivity index (χ4n) is 2.35. The van der Waals surface area contributed by atoms with Crippen LogP contribution in [0.5, 0.6) is 0 Å². The number of hydrogen-bond donors (Lipinski definition) is 1. The molecule has 0 aliphatic rings. The van der Waals surface area contributed by atoms with Gasteiger partial charge in [-0.1, -0.05) is 48.9 Å². The number of carbonyl (C=O) groups is 1. The lowest BCUT2D eigenvalue weighted by Gasteiger charge is -2.17. The molecule has 0 aliphatic heterocycles. The molecular weight excluding hydrogens is 360 g/mol. The molecule has 0 heterocycles. The van der Waals surface area contributed by atoms with Crippen LogP contribution in [0.15, 0.2) is 53.4 Å². The van der Waals surface area contributed by atoms with Crippen molar-refractivity contribution in [3.63, 3.8) is 0 Å². The zero-order chi connectivity index (χ0) is 18.4. The summed E-state index contributed by atoms with van der Waals surface area (Å²) < 4.78 is 27.7. The van der Waals surface area contributed by atoms with Crippen LogP contribution in [-0.4, -0.2) is 32.8 Å². The Morgan fingerprint density at radius 3 is 2.48 bits per heavy atom. The third-order valence-electron chi connectivity index (χ3n) is 3.68. The molecule has 5 nitrogen and oxygen atoms in total. The van der Waals surface area contributed by atoms with E-state index >= 15 is 0 Å². The lowest BCUT2D eigenvalue weighted by molar-refractivity contribution is 0.0795. The summed E-state index contributed by atoms with van der Waals surface area (Å²) in [5, 5.41) is 0.0789. The van der Waals surface area contributed by atoms with Crippen molar-refractivity contribution in [3.05, 3.63) is 64.7 Å². The van der Waals surface area contributed by atoms with E-state index in [1.54, 1.807) is 11.9 Å². The van der Waals surface area contributed by atoms with Crippen LogP contribution in [-0.2, 0) is 16.6 Å². The Bertz CT molecular complexity index is 839. The Balaban J connectivity index is 2.25. The third kappa shape index (κ3) is 5.04. The van der Waals surface area contributed by atoms with Crippen LogP contribution in [0.3, 0.4) is 0 Å². The quantitative estimate of drug-likeness (QED) is 0.801. The van der Waals surface area contributed by atoms with Gasteiger partial charge in [-0.25, -0.2) is 13.1 Å². The number of amides is 1. The number of sulfonamides is 1. The van der Waals surface area contributed by atoms with Crippen LogP contribution in [0.25, 0.3) is 0 Å². The largest absolute Gasteiger partial charge is 0.342 e. The maximum absolute atomic E-state index is 12.6. The van der Waals surface area contributed by atoms with E-state index in [1.165, 1.54) is 18.2 Å². The molecule has 0 radical (unpaired) electrons. The predicted molar refractivity (Wildman–Crippen MR) is 99.2 cm³/mol. The smallest absolute Gasteiger partial charge is 0.253 e. The van der Waals surface area contributed by atoms with Crippen LogP contribution in [0.1, 0.15) is 29.3 Å². The molecule has 2 rings (SSSR count). The first kappa shape index (κ1) is 19.4. The molecule has 7 heteroatoms. The average molecular weight is 381 g/mol. The molecule has 1 N–H and O–H groups in total. The van der Waals surface area contributed by atoms with Gasteiger partial charge < -0.3 is 4.90 Å². The first-order valence-electron chi connectivity index (χ1n) is 7.93. The fraction of sp³-hybridized carbons (Fsp3) is 0.278. The van der Waals surface area contributed by atoms with Crippen molar-refractivity contribution < 1.29 is 13.2 Å². The van der Waals surface area contributed by atoms with E-state index in [9.17, 15) is 13.2 Å². The highest BCUT2D eigenvalue weighted by Gasteiger charge is 2.21. The minimum atomic E-state index is -3.84. The highest BCUT2D eigenvalue weighted by molar-refractivity contribution is 7.89. The standard InChI is InChI=1S/C18H21ClN2O3S/c1-3-11-21(2)18(22)15-9-10-16(19)17(12-15)25(23,24)20-13-14-7-5-4-6-8-14/h4-10,12,20H,3,11,13H2,1-2H3. The minimum absolute atomic E-state index is 0.0789. The van der Waals surface area contributed by atoms with Gasteiger partial charge in [0.25, 0.3) is 5.91 Å². The topological polar surface area (TPSA) is 66.5 Å². The van der Waals surface area contributed by atoms with Crippen LogP contribution >= 0.6 is 11.6 Å². The minimum Gasteiger partial charge on any atom is -0.342 e. The summed E-state index contributed by atoms with van der Waals surface area (Å²) in [6.07, 6.45) is 0.819. The van der Waals surface area contributed by atoms with Gasteiger partial charge in [-0.3, -0.25) is 4.79 Å². The van der Waals surface area contributed by atoms with Gasteiger partial charge in [0.15, 0.2) is 0 Å². The summed E-state index contributed by atoms with van der Waals surface area (Å²) in [4.78, 5) is 13.8. The molecule has 0 fully saturated rings. The molecule has 2 aromatic rings. The highest BCUT2D eigenvalue weighted by atomic mass is 35.5. The van der Waals surface area contributed by atoms with E-state index in [0.717, 1.165) is 12.0 Å². The van der Waals surface area contributed by atoms with Crippen LogP contribution in [0.2, 0.25) is 5.02 Å². The molecule has 2 aromatic carbocycles. The summed E-state index contributed by atoms with van der Waals surface area (Å²) in [5.41, 5.74) is 1.12. The predicted octanol–water partition coefficient (Wildman–Crippen LogP) is 3.30. The van der Waals surface area contributed by atoms with Gasteiger partial charge in [-0.2, -0.15) is 0 Å². The van der Waals surface area contributed by atoms with Gasteiger partial charge in [0, 0.05) is 25.7 Å². The lowest BCUT2D eigenvalue weighted by Crippen LogP contribution is -2.28. The van der Waals surface area contributed by atoms with E-state index in [4.69, 9.17) is 11.6 Å². The van der Waals surface area contributed by atoms with Gasteiger partial charge in [0.2, 0.25) is 10.0 Å². The summed E-state index contributed by atoms with van der Waals surface area (Å²) in [7, 11) is -2.15. The van der Waals surface area contributed by atoms with Gasteiger partial charge >= 0.3 is 0 Å². The molecule has 25 heavy (non-hydrogen) atoms. The molecule has 0 aromatic heterocycles. The Hall–Kier alpha value is -1.89. The van der Waals surface area contributed by atoms with Crippen molar-refractivity contribution >= 4 is 27.5 Å². The maximum Gasteiger partial charge on any atom is 0.253 e. The van der Waals surface area contributed by atoms with Gasteiger partial charge in [0.1, 0.15) is 4.90 Å². The molecule has 0 aliphatic carbocycles. The number of rotatable bonds is 7. The summed E-state index contributed by atoms with van der Waals surface area (Å²) in [6.45, 7) is 2.71. The molecule has 0 bridgehead atoms. The SMILES string of the molecule is CCCN(C)C(=O)c1ccc(Cl)c(S(=O)(=O)NCc2ccccc2)c1. The molecule has 0 atom stereocenters. The number of nitrogens with zero attached hydrogens (tertiary/aromatic N) is 1. The molecule has 0 spiro atoms. The highest BCUT2D eigenvalue weighted by Crippen LogP contribution is 2.23. The van der Waals surface area contributed by atoms with Crippen molar-refractivity contribution in [1.29, 1.82) is 0 Å². The number of halogens is 1. The third-order valence-corrected chi connectivity index (χ3v) is 5.57. The van der Waals surface area contributed by atoms with E-state index in [1.807, 2.05) is 37.3 Å². The van der Waals surface area contributed by atoms with Gasteiger partial charge in [-0.15, -0.1) is 0 Å². The normalized spacial score (nSPS) is 11.3. The second-order valence-electron chi connectivity index (χ2n) is 5.68. The number of carbonyl (C=O) groups excluding carboxylic acids is 1. The van der Waals surface area contributed by atoms with E-state index in [2.05, 4.69) is 4.72 Å². The molecule has 1 amide bonds. The van der Waals surface area contributed by atoms with Gasteiger partial charge in [0.05, 0.1) is 5.02 Å². The zero-order valence-electron chi connectivity index (χ0n) is 14.2. The van der Waals surface area contributed by atoms with Crippen LogP contribution in [0.4, 0.5) is 0 Å². The number of benzene rings is 2. The van der Waals surface area contributed by atoms with Crippen molar-refractivity contribution in [2.45, 2.75) is 24.8 Å². The van der Waals surface area contributed by atoms with E-state index < -0.39 is 10.0 Å². The Morgan fingerprint density at radius 1 is 1.16 bits per heavy atom. The zero-order valence-corrected chi connectivity index (χ0v) is 15.8. The Morgan fingerprint density at radius 2 is 1.84 bits per heavy atom. The van der Waals surface area contributed by atoms with Crippen molar-refractivity contribution in [1.82, 2.24) is 9.62 Å². The average Bonchev–Trinajstić information content (AvgIpc) is 2.61. The number of hydrogen-bond acceptors (Lipinski definition) is 3. The van der Waals surface area contributed by atoms with Crippen LogP contribution < -0.4 is 4.72 Å². The van der Waals surface area contributed by atoms with Crippen molar-refractivity contribution in [2.75, 3.05) is 13.6 Å². The van der Waals surface area contributed by atoms with E-state index in [-0.39, 0.29) is 22.4 Å². The van der Waals surface area contributed by atoms with Crippen LogP contribution in [0, 0.1) is 0 Å². The second kappa shape index (κ2) is 8.47. The first-order chi connectivity index (χ1) is 11.8. The molecular formula is C18H21ClN2O3S. The summed E-state index contributed by atoms with van der Waals surface area (Å²) in [5.74, 6) is -0.238. The van der Waals surface area contributed by atoms with Crippen molar-refractivity contribution in [3.8, 4) is 0 Å². The molecule has 0 saturated heterocycles. The van der Waals surface area contributed by atoms with Gasteiger partial charge in [-0.05, 0) is 30.2 Å². The lowest BCUT2D eigenvalue weighted by atomic mass is 10.2. The molecule has 0 unspecified atom stereocenters. The van der Waals surface area contributed by atoms with E-state index in [0.29, 0.717) is 12.1 Å². The Kier molecular flexibility index (Phi) is 6.58. The summed E-state index contributed by atoms with van der Waals surface area (Å²) >= 11 is 6.06. The number of nitrogens with one attached hydrogen (secondary N) is 1. The fourth-order valence-corrected chi connectivity index (χ4v) is 3.89. The van der Waals surface area contributed by atoms with Crippen molar-refractivity contribution in [2.24, 2.45) is 0 Å². The molecule has 0 saturated carbocycles. The second-order valence-corrected chi connectivity index (χ2v) is 7.82.